The molecule has 0 bridgehead atoms. The van der Waals surface area contributed by atoms with Crippen LogP contribution >= 0.6 is 11.6 Å². The Morgan fingerprint density at radius 3 is 2.81 bits per heavy atom. The van der Waals surface area contributed by atoms with Crippen LogP contribution in [-0.2, 0) is 0 Å². The summed E-state index contributed by atoms with van der Waals surface area (Å²) >= 11 is 6.15. The van der Waals surface area contributed by atoms with Gasteiger partial charge in [0.2, 0.25) is 0 Å². The molecule has 2 heterocycles. The van der Waals surface area contributed by atoms with E-state index in [0.29, 0.717) is 18.2 Å². The first-order valence-electron chi connectivity index (χ1n) is 6.99. The molecule has 1 atom stereocenters. The van der Waals surface area contributed by atoms with Gasteiger partial charge in [0.15, 0.2) is 11.5 Å². The van der Waals surface area contributed by atoms with Crippen LogP contribution in [-0.4, -0.2) is 18.2 Å². The van der Waals surface area contributed by atoms with E-state index in [1.165, 1.54) is 0 Å². The van der Waals surface area contributed by atoms with Gasteiger partial charge >= 0.3 is 0 Å². The first-order chi connectivity index (χ1) is 10.2. The molecule has 1 N–H and O–H groups in total. The third-order valence-corrected chi connectivity index (χ3v) is 3.74. The highest BCUT2D eigenvalue weighted by atomic mass is 35.5. The zero-order chi connectivity index (χ0) is 14.7. The fourth-order valence-electron chi connectivity index (χ4n) is 2.25. The molecule has 3 rings (SSSR count). The van der Waals surface area contributed by atoms with Crippen molar-refractivity contribution in [3.63, 3.8) is 0 Å². The van der Waals surface area contributed by atoms with Gasteiger partial charge in [-0.1, -0.05) is 17.7 Å². The number of pyridine rings is 1. The monoisotopic (exact) mass is 304 g/mol. The van der Waals surface area contributed by atoms with Crippen molar-refractivity contribution in [1.29, 1.82) is 0 Å². The van der Waals surface area contributed by atoms with Crippen LogP contribution in [0.2, 0.25) is 5.02 Å². The number of halogens is 1. The van der Waals surface area contributed by atoms with E-state index < -0.39 is 0 Å². The van der Waals surface area contributed by atoms with Gasteiger partial charge in [-0.2, -0.15) is 0 Å². The lowest BCUT2D eigenvalue weighted by Crippen LogP contribution is -2.07. The van der Waals surface area contributed by atoms with E-state index in [1.54, 1.807) is 18.5 Å². The number of ether oxygens (including phenoxy) is 2. The summed E-state index contributed by atoms with van der Waals surface area (Å²) in [4.78, 5) is 4.08. The Kier molecular flexibility index (Phi) is 4.15. The topological polar surface area (TPSA) is 43.4 Å². The fraction of sp³-hybridized carbons (Fsp3) is 0.312. The minimum Gasteiger partial charge on any atom is -0.490 e. The number of nitrogens with zero attached hydrogens (tertiary/aromatic N) is 1. The Balaban J connectivity index is 1.80. The van der Waals surface area contributed by atoms with E-state index in [9.17, 15) is 0 Å². The summed E-state index contributed by atoms with van der Waals surface area (Å²) in [6.07, 6.45) is 4.30. The van der Waals surface area contributed by atoms with Crippen LogP contribution in [0.4, 0.5) is 5.69 Å². The number of benzene rings is 1. The number of fused-ring (bicyclic) bond motifs is 1. The molecule has 1 aliphatic rings. The molecule has 0 fully saturated rings. The maximum atomic E-state index is 6.15. The maximum Gasteiger partial charge on any atom is 0.161 e. The van der Waals surface area contributed by atoms with Crippen LogP contribution in [0, 0.1) is 0 Å². The van der Waals surface area contributed by atoms with Crippen molar-refractivity contribution in [2.45, 2.75) is 19.4 Å². The van der Waals surface area contributed by atoms with Gasteiger partial charge in [-0.3, -0.25) is 4.98 Å². The van der Waals surface area contributed by atoms with Crippen molar-refractivity contribution in [3.05, 3.63) is 47.2 Å². The molecule has 1 aliphatic heterocycles. The first kappa shape index (κ1) is 14.0. The van der Waals surface area contributed by atoms with Crippen LogP contribution in [0.15, 0.2) is 36.7 Å². The van der Waals surface area contributed by atoms with E-state index in [-0.39, 0.29) is 6.04 Å². The van der Waals surface area contributed by atoms with E-state index in [2.05, 4.69) is 17.2 Å². The maximum absolute atomic E-state index is 6.15. The summed E-state index contributed by atoms with van der Waals surface area (Å²) in [7, 11) is 0. The molecule has 1 aromatic heterocycles. The molecule has 110 valence electrons. The third kappa shape index (κ3) is 3.22. The quantitative estimate of drug-likeness (QED) is 0.928. The van der Waals surface area contributed by atoms with E-state index in [4.69, 9.17) is 21.1 Å². The number of hydrogen-bond donors (Lipinski definition) is 1. The molecule has 4 nitrogen and oxygen atoms in total. The second-order valence-corrected chi connectivity index (χ2v) is 5.39. The lowest BCUT2D eigenvalue weighted by molar-refractivity contribution is 0.297. The number of rotatable bonds is 3. The molecule has 1 unspecified atom stereocenters. The van der Waals surface area contributed by atoms with Crippen molar-refractivity contribution in [3.8, 4) is 11.5 Å². The molecular formula is C16H17ClN2O2. The van der Waals surface area contributed by atoms with Crippen molar-refractivity contribution in [2.24, 2.45) is 0 Å². The summed E-state index contributed by atoms with van der Waals surface area (Å²) in [6, 6.07) is 7.87. The molecule has 0 spiro atoms. The second kappa shape index (κ2) is 6.22. The molecule has 5 heteroatoms. The van der Waals surface area contributed by atoms with E-state index in [0.717, 1.165) is 29.2 Å². The van der Waals surface area contributed by atoms with Crippen LogP contribution in [0.3, 0.4) is 0 Å². The lowest BCUT2D eigenvalue weighted by Gasteiger charge is -2.18. The predicted octanol–water partition coefficient (Wildman–Crippen LogP) is 4.07. The van der Waals surface area contributed by atoms with Gasteiger partial charge in [-0.05, 0) is 30.7 Å². The minimum atomic E-state index is 0.0869. The Morgan fingerprint density at radius 2 is 2.00 bits per heavy atom. The number of aromatic nitrogens is 1. The largest absolute Gasteiger partial charge is 0.490 e. The molecule has 0 saturated carbocycles. The summed E-state index contributed by atoms with van der Waals surface area (Å²) in [5.74, 6) is 1.61. The Bertz CT molecular complexity index is 633. The summed E-state index contributed by atoms with van der Waals surface area (Å²) in [5.41, 5.74) is 1.93. The number of nitrogens with one attached hydrogen (secondary N) is 1. The highest BCUT2D eigenvalue weighted by molar-refractivity contribution is 6.33. The Morgan fingerprint density at radius 1 is 1.19 bits per heavy atom. The zero-order valence-corrected chi connectivity index (χ0v) is 12.6. The smallest absolute Gasteiger partial charge is 0.161 e. The fourth-order valence-corrected chi connectivity index (χ4v) is 2.41. The van der Waals surface area contributed by atoms with Crippen LogP contribution in [0.5, 0.6) is 11.5 Å². The normalized spacial score (nSPS) is 15.1. The van der Waals surface area contributed by atoms with Gasteiger partial charge in [0.05, 0.1) is 30.1 Å². The predicted molar refractivity (Wildman–Crippen MR) is 83.3 cm³/mol. The summed E-state index contributed by atoms with van der Waals surface area (Å²) in [6.45, 7) is 3.46. The van der Waals surface area contributed by atoms with E-state index >= 15 is 0 Å². The third-order valence-electron chi connectivity index (χ3n) is 3.41. The van der Waals surface area contributed by atoms with Crippen molar-refractivity contribution >= 4 is 17.3 Å². The van der Waals surface area contributed by atoms with Gasteiger partial charge in [0.25, 0.3) is 0 Å². The second-order valence-electron chi connectivity index (χ2n) is 4.98. The van der Waals surface area contributed by atoms with Crippen molar-refractivity contribution in [1.82, 2.24) is 4.98 Å². The van der Waals surface area contributed by atoms with Gasteiger partial charge in [-0.15, -0.1) is 0 Å². The highest BCUT2D eigenvalue weighted by Crippen LogP contribution is 2.33. The van der Waals surface area contributed by atoms with Crippen molar-refractivity contribution in [2.75, 3.05) is 18.5 Å². The van der Waals surface area contributed by atoms with Gasteiger partial charge in [0, 0.05) is 18.7 Å². The number of anilines is 1. The minimum absolute atomic E-state index is 0.0869. The Labute approximate surface area is 129 Å². The molecule has 0 amide bonds. The molecule has 21 heavy (non-hydrogen) atoms. The molecular weight excluding hydrogens is 288 g/mol. The van der Waals surface area contributed by atoms with Gasteiger partial charge in [0.1, 0.15) is 0 Å². The van der Waals surface area contributed by atoms with Crippen LogP contribution < -0.4 is 14.8 Å². The van der Waals surface area contributed by atoms with Crippen LogP contribution in [0.25, 0.3) is 0 Å². The molecule has 2 aromatic rings. The standard InChI is InChI=1S/C16H17ClN2O2/c1-11(19-14-10-18-6-5-13(14)17)12-3-4-15-16(9-12)21-8-2-7-20-15/h3-6,9-11,19H,2,7-8H2,1H3. The SMILES string of the molecule is CC(Nc1cnccc1Cl)c1ccc2c(c1)OCCCO2. The lowest BCUT2D eigenvalue weighted by atomic mass is 10.1. The average molecular weight is 305 g/mol. The number of hydrogen-bond acceptors (Lipinski definition) is 4. The highest BCUT2D eigenvalue weighted by Gasteiger charge is 2.14. The van der Waals surface area contributed by atoms with Gasteiger partial charge < -0.3 is 14.8 Å². The molecule has 0 saturated heterocycles. The summed E-state index contributed by atoms with van der Waals surface area (Å²) < 4.78 is 11.4. The zero-order valence-electron chi connectivity index (χ0n) is 11.8. The van der Waals surface area contributed by atoms with Crippen LogP contribution in [0.1, 0.15) is 24.9 Å². The molecule has 1 aromatic carbocycles. The average Bonchev–Trinajstić information content (AvgIpc) is 2.74. The Hall–Kier alpha value is -1.94. The first-order valence-corrected chi connectivity index (χ1v) is 7.37. The molecule has 0 aliphatic carbocycles. The van der Waals surface area contributed by atoms with E-state index in [1.807, 2.05) is 18.2 Å². The van der Waals surface area contributed by atoms with Gasteiger partial charge in [-0.25, -0.2) is 0 Å². The van der Waals surface area contributed by atoms with Crippen molar-refractivity contribution < 1.29 is 9.47 Å². The summed E-state index contributed by atoms with van der Waals surface area (Å²) in [5, 5.41) is 4.02. The molecule has 0 radical (unpaired) electrons.